The fraction of sp³-hybridized carbons (Fsp3) is 0.375. The van der Waals surface area contributed by atoms with Gasteiger partial charge in [0.25, 0.3) is 0 Å². The van der Waals surface area contributed by atoms with Crippen LogP contribution in [0.15, 0.2) is 48.9 Å². The van der Waals surface area contributed by atoms with Gasteiger partial charge in [-0.05, 0) is 61.9 Å². The van der Waals surface area contributed by atoms with Gasteiger partial charge in [-0.25, -0.2) is 9.97 Å². The van der Waals surface area contributed by atoms with E-state index in [1.807, 2.05) is 46.1 Å². The maximum absolute atomic E-state index is 12.1. The smallest absolute Gasteiger partial charge is 0.227 e. The summed E-state index contributed by atoms with van der Waals surface area (Å²) in [5.74, 6) is 1.23. The second-order valence-electron chi connectivity index (χ2n) is 8.42. The van der Waals surface area contributed by atoms with E-state index in [1.165, 1.54) is 0 Å². The van der Waals surface area contributed by atoms with Gasteiger partial charge in [0, 0.05) is 42.3 Å². The summed E-state index contributed by atoms with van der Waals surface area (Å²) in [6.45, 7) is 0.778. The van der Waals surface area contributed by atoms with Crippen molar-refractivity contribution in [2.45, 2.75) is 44.6 Å². The monoisotopic (exact) mass is 427 g/mol. The van der Waals surface area contributed by atoms with Gasteiger partial charge < -0.3 is 10.2 Å². The van der Waals surface area contributed by atoms with E-state index >= 15 is 0 Å². The molecule has 1 N–H and O–H groups in total. The van der Waals surface area contributed by atoms with Crippen molar-refractivity contribution >= 4 is 23.2 Å². The van der Waals surface area contributed by atoms with Gasteiger partial charge >= 0.3 is 0 Å². The first-order chi connectivity index (χ1) is 15.7. The highest BCUT2D eigenvalue weighted by atomic mass is 16.2. The van der Waals surface area contributed by atoms with Gasteiger partial charge in [-0.3, -0.25) is 9.48 Å². The molecule has 0 radical (unpaired) electrons. The molecular formula is C24H25N7O. The zero-order valence-corrected chi connectivity index (χ0v) is 17.8. The summed E-state index contributed by atoms with van der Waals surface area (Å²) in [5, 5.41) is 16.9. The topological polar surface area (TPSA) is 99.7 Å². The average Bonchev–Trinajstić information content (AvgIpc) is 3.54. The van der Waals surface area contributed by atoms with Crippen LogP contribution in [-0.4, -0.2) is 32.2 Å². The van der Waals surface area contributed by atoms with Crippen molar-refractivity contribution in [3.05, 3.63) is 48.9 Å². The average molecular weight is 428 g/mol. The highest BCUT2D eigenvalue weighted by Crippen LogP contribution is 2.41. The largest absolute Gasteiger partial charge is 0.324 e. The number of nitriles is 1. The SMILES string of the molecule is N#CCC(C1CC1)n1cc(-c2ccnc(Nc3ccc(N4CCCCC4=O)cc3)n2)cn1. The highest BCUT2D eigenvalue weighted by molar-refractivity contribution is 5.94. The first-order valence-electron chi connectivity index (χ1n) is 11.1. The molecule has 0 bridgehead atoms. The van der Waals surface area contributed by atoms with Gasteiger partial charge in [0.05, 0.1) is 30.4 Å². The first-order valence-corrected chi connectivity index (χ1v) is 11.1. The Hall–Kier alpha value is -3.73. The standard InChI is InChI=1S/C24H25N7O/c25-12-10-22(17-4-5-17)31-16-18(15-27-31)21-11-13-26-24(29-21)28-19-6-8-20(9-7-19)30-14-2-1-3-23(30)32/h6-9,11,13,15-17,22H,1-5,10,14H2,(H,26,28,29). The predicted molar refractivity (Wildman–Crippen MR) is 121 cm³/mol. The van der Waals surface area contributed by atoms with E-state index in [2.05, 4.69) is 26.5 Å². The summed E-state index contributed by atoms with van der Waals surface area (Å²) < 4.78 is 1.91. The lowest BCUT2D eigenvalue weighted by Crippen LogP contribution is -2.35. The van der Waals surface area contributed by atoms with Crippen LogP contribution in [0.1, 0.15) is 44.6 Å². The van der Waals surface area contributed by atoms with E-state index in [-0.39, 0.29) is 11.9 Å². The van der Waals surface area contributed by atoms with E-state index < -0.39 is 0 Å². The Morgan fingerprint density at radius 2 is 2.03 bits per heavy atom. The van der Waals surface area contributed by atoms with Crippen molar-refractivity contribution in [3.63, 3.8) is 0 Å². The van der Waals surface area contributed by atoms with Crippen LogP contribution in [0.4, 0.5) is 17.3 Å². The molecule has 2 fully saturated rings. The first kappa shape index (κ1) is 20.2. The van der Waals surface area contributed by atoms with Gasteiger partial charge in [0.1, 0.15) is 0 Å². The van der Waals surface area contributed by atoms with Crippen LogP contribution in [0, 0.1) is 17.2 Å². The van der Waals surface area contributed by atoms with Gasteiger partial charge in [-0.15, -0.1) is 0 Å². The summed E-state index contributed by atoms with van der Waals surface area (Å²) >= 11 is 0. The number of rotatable bonds is 7. The molecule has 5 rings (SSSR count). The van der Waals surface area contributed by atoms with E-state index in [0.29, 0.717) is 24.7 Å². The predicted octanol–water partition coefficient (Wildman–Crippen LogP) is 4.47. The molecule has 1 amide bonds. The molecule has 1 aromatic carbocycles. The molecule has 2 aliphatic rings. The summed E-state index contributed by atoms with van der Waals surface area (Å²) in [7, 11) is 0. The molecule has 1 aliphatic carbocycles. The summed E-state index contributed by atoms with van der Waals surface area (Å²) in [6.07, 6.45) is 10.9. The highest BCUT2D eigenvalue weighted by Gasteiger charge is 2.33. The number of benzene rings is 1. The zero-order chi connectivity index (χ0) is 21.9. The van der Waals surface area contributed by atoms with Crippen LogP contribution in [-0.2, 0) is 4.79 Å². The number of amides is 1. The van der Waals surface area contributed by atoms with Gasteiger partial charge in [-0.2, -0.15) is 10.4 Å². The fourth-order valence-corrected chi connectivity index (χ4v) is 4.21. The Labute approximate surface area is 186 Å². The van der Waals surface area contributed by atoms with Gasteiger partial charge in [0.15, 0.2) is 0 Å². The van der Waals surface area contributed by atoms with Crippen LogP contribution in [0.5, 0.6) is 0 Å². The van der Waals surface area contributed by atoms with E-state index in [4.69, 9.17) is 5.26 Å². The maximum atomic E-state index is 12.1. The molecule has 1 unspecified atom stereocenters. The molecule has 1 saturated heterocycles. The van der Waals surface area contributed by atoms with Gasteiger partial charge in [-0.1, -0.05) is 0 Å². The van der Waals surface area contributed by atoms with Crippen LogP contribution >= 0.6 is 0 Å². The molecule has 8 nitrogen and oxygen atoms in total. The summed E-state index contributed by atoms with van der Waals surface area (Å²) in [6, 6.07) is 12.1. The lowest BCUT2D eigenvalue weighted by Gasteiger charge is -2.26. The van der Waals surface area contributed by atoms with Crippen molar-refractivity contribution in [1.29, 1.82) is 5.26 Å². The molecule has 32 heavy (non-hydrogen) atoms. The van der Waals surface area contributed by atoms with Crippen molar-refractivity contribution in [1.82, 2.24) is 19.7 Å². The third-order valence-electron chi connectivity index (χ3n) is 6.12. The Morgan fingerprint density at radius 3 is 2.78 bits per heavy atom. The number of hydrogen-bond donors (Lipinski definition) is 1. The lowest BCUT2D eigenvalue weighted by molar-refractivity contribution is -0.119. The number of nitrogens with one attached hydrogen (secondary N) is 1. The Kier molecular flexibility index (Phi) is 5.55. The molecule has 1 aliphatic heterocycles. The molecule has 3 aromatic rings. The van der Waals surface area contributed by atoms with Crippen LogP contribution in [0.25, 0.3) is 11.3 Å². The van der Waals surface area contributed by atoms with Crippen molar-refractivity contribution in [3.8, 4) is 17.3 Å². The van der Waals surface area contributed by atoms with Crippen LogP contribution in [0.2, 0.25) is 0 Å². The zero-order valence-electron chi connectivity index (χ0n) is 17.8. The molecule has 162 valence electrons. The lowest BCUT2D eigenvalue weighted by atomic mass is 10.1. The Morgan fingerprint density at radius 1 is 1.19 bits per heavy atom. The number of hydrogen-bond acceptors (Lipinski definition) is 6. The molecule has 3 heterocycles. The number of nitrogens with zero attached hydrogens (tertiary/aromatic N) is 6. The quantitative estimate of drug-likeness (QED) is 0.597. The number of piperidine rings is 1. The second-order valence-corrected chi connectivity index (χ2v) is 8.42. The summed E-state index contributed by atoms with van der Waals surface area (Å²) in [4.78, 5) is 23.0. The minimum Gasteiger partial charge on any atom is -0.324 e. The molecule has 2 aromatic heterocycles. The minimum absolute atomic E-state index is 0.137. The Balaban J connectivity index is 1.29. The molecule has 8 heteroatoms. The Bertz CT molecular complexity index is 1140. The fourth-order valence-electron chi connectivity index (χ4n) is 4.21. The van der Waals surface area contributed by atoms with Gasteiger partial charge in [0.2, 0.25) is 11.9 Å². The normalized spacial score (nSPS) is 17.1. The van der Waals surface area contributed by atoms with Crippen LogP contribution in [0.3, 0.4) is 0 Å². The third-order valence-corrected chi connectivity index (χ3v) is 6.12. The number of anilines is 3. The summed E-state index contributed by atoms with van der Waals surface area (Å²) in [5.41, 5.74) is 3.45. The van der Waals surface area contributed by atoms with E-state index in [9.17, 15) is 4.79 Å². The van der Waals surface area contributed by atoms with Crippen molar-refractivity contribution in [2.24, 2.45) is 5.92 Å². The maximum Gasteiger partial charge on any atom is 0.227 e. The molecular weight excluding hydrogens is 402 g/mol. The van der Waals surface area contributed by atoms with E-state index in [1.54, 1.807) is 12.4 Å². The number of carbonyl (C=O) groups excluding carboxylic acids is 1. The minimum atomic E-state index is 0.137. The number of aromatic nitrogens is 4. The van der Waals surface area contributed by atoms with E-state index in [0.717, 1.165) is 54.9 Å². The van der Waals surface area contributed by atoms with Crippen molar-refractivity contribution < 1.29 is 4.79 Å². The molecule has 1 saturated carbocycles. The number of carbonyl (C=O) groups is 1. The van der Waals surface area contributed by atoms with Crippen molar-refractivity contribution in [2.75, 3.05) is 16.8 Å². The molecule has 1 atom stereocenters. The second kappa shape index (κ2) is 8.79. The van der Waals surface area contributed by atoms with Crippen LogP contribution < -0.4 is 10.2 Å². The molecule has 0 spiro atoms. The third kappa shape index (κ3) is 4.33.